The maximum Gasteiger partial charge on any atom is 0.251 e. The molecule has 0 saturated carbocycles. The topological polar surface area (TPSA) is 84.5 Å². The van der Waals surface area contributed by atoms with Crippen molar-refractivity contribution in [2.24, 2.45) is 0 Å². The second-order valence-corrected chi connectivity index (χ2v) is 7.53. The molecule has 0 aliphatic rings. The number of carbonyl (C=O) groups is 1. The number of hydrogen-bond acceptors (Lipinski definition) is 4. The highest BCUT2D eigenvalue weighted by Gasteiger charge is 2.14. The van der Waals surface area contributed by atoms with Gasteiger partial charge in [-0.1, -0.05) is 30.3 Å². The predicted molar refractivity (Wildman–Crippen MR) is 101 cm³/mol. The molecule has 2 aromatic rings. The van der Waals surface area contributed by atoms with Gasteiger partial charge in [0.15, 0.2) is 0 Å². The fourth-order valence-corrected chi connectivity index (χ4v) is 3.46. The van der Waals surface area contributed by atoms with Crippen molar-refractivity contribution in [3.63, 3.8) is 0 Å². The number of methoxy groups -OCH3 is 1. The van der Waals surface area contributed by atoms with E-state index in [2.05, 4.69) is 10.0 Å². The minimum Gasteiger partial charge on any atom is -0.383 e. The number of sulfonamides is 1. The highest BCUT2D eigenvalue weighted by atomic mass is 32.2. The van der Waals surface area contributed by atoms with E-state index in [4.69, 9.17) is 4.74 Å². The van der Waals surface area contributed by atoms with Gasteiger partial charge in [-0.05, 0) is 42.7 Å². The van der Waals surface area contributed by atoms with Crippen LogP contribution in [0.2, 0.25) is 0 Å². The first-order chi connectivity index (χ1) is 12.5. The zero-order valence-corrected chi connectivity index (χ0v) is 15.6. The normalized spacial score (nSPS) is 11.3. The predicted octanol–water partition coefficient (Wildman–Crippen LogP) is 1.97. The lowest BCUT2D eigenvalue weighted by molar-refractivity contribution is 0.0937. The SMILES string of the molecule is COCCNC(=O)c1ccc(S(=O)(=O)NCCCc2ccccc2)cc1. The largest absolute Gasteiger partial charge is 0.383 e. The summed E-state index contributed by atoms with van der Waals surface area (Å²) in [6, 6.07) is 15.8. The number of ether oxygens (including phenoxy) is 1. The lowest BCUT2D eigenvalue weighted by Crippen LogP contribution is -2.27. The second-order valence-electron chi connectivity index (χ2n) is 5.76. The first-order valence-corrected chi connectivity index (χ1v) is 9.92. The van der Waals surface area contributed by atoms with Crippen LogP contribution in [0.1, 0.15) is 22.3 Å². The number of nitrogens with one attached hydrogen (secondary N) is 2. The molecule has 0 saturated heterocycles. The van der Waals surface area contributed by atoms with Crippen molar-refractivity contribution in [2.45, 2.75) is 17.7 Å². The monoisotopic (exact) mass is 376 g/mol. The summed E-state index contributed by atoms with van der Waals surface area (Å²) in [7, 11) is -2.03. The molecule has 6 nitrogen and oxygen atoms in total. The molecule has 2 aromatic carbocycles. The first kappa shape index (κ1) is 20.1. The highest BCUT2D eigenvalue weighted by molar-refractivity contribution is 7.89. The molecule has 0 fully saturated rings. The van der Waals surface area contributed by atoms with Gasteiger partial charge >= 0.3 is 0 Å². The Morgan fingerprint density at radius 2 is 1.69 bits per heavy atom. The molecule has 0 unspecified atom stereocenters. The molecule has 0 bridgehead atoms. The van der Waals surface area contributed by atoms with E-state index < -0.39 is 10.0 Å². The van der Waals surface area contributed by atoms with Crippen LogP contribution in [0.4, 0.5) is 0 Å². The van der Waals surface area contributed by atoms with Crippen molar-refractivity contribution in [3.8, 4) is 0 Å². The van der Waals surface area contributed by atoms with E-state index in [1.165, 1.54) is 29.8 Å². The molecule has 140 valence electrons. The van der Waals surface area contributed by atoms with Crippen molar-refractivity contribution in [2.75, 3.05) is 26.8 Å². The summed E-state index contributed by atoms with van der Waals surface area (Å²) in [5, 5.41) is 2.69. The zero-order chi connectivity index (χ0) is 18.8. The lowest BCUT2D eigenvalue weighted by Gasteiger charge is -2.08. The van der Waals surface area contributed by atoms with Crippen LogP contribution in [0.25, 0.3) is 0 Å². The van der Waals surface area contributed by atoms with Gasteiger partial charge in [-0.15, -0.1) is 0 Å². The van der Waals surface area contributed by atoms with Crippen LogP contribution >= 0.6 is 0 Å². The Morgan fingerprint density at radius 1 is 1.00 bits per heavy atom. The third kappa shape index (κ3) is 6.25. The Morgan fingerprint density at radius 3 is 2.35 bits per heavy atom. The molecule has 0 aliphatic carbocycles. The van der Waals surface area contributed by atoms with Crippen molar-refractivity contribution < 1.29 is 17.9 Å². The Labute approximate surface area is 154 Å². The molecule has 0 spiro atoms. The van der Waals surface area contributed by atoms with Crippen LogP contribution in [0.3, 0.4) is 0 Å². The van der Waals surface area contributed by atoms with Gasteiger partial charge in [-0.2, -0.15) is 0 Å². The van der Waals surface area contributed by atoms with Gasteiger partial charge in [0.1, 0.15) is 0 Å². The summed E-state index contributed by atoms with van der Waals surface area (Å²) in [5.41, 5.74) is 1.58. The molecule has 0 heterocycles. The van der Waals surface area contributed by atoms with Gasteiger partial charge in [0.25, 0.3) is 5.91 Å². The van der Waals surface area contributed by atoms with Crippen LogP contribution in [-0.2, 0) is 21.2 Å². The van der Waals surface area contributed by atoms with Gasteiger partial charge in [-0.25, -0.2) is 13.1 Å². The smallest absolute Gasteiger partial charge is 0.251 e. The number of rotatable bonds is 10. The fourth-order valence-electron chi connectivity index (χ4n) is 2.38. The van der Waals surface area contributed by atoms with E-state index in [0.29, 0.717) is 31.7 Å². The number of hydrogen-bond donors (Lipinski definition) is 2. The van der Waals surface area contributed by atoms with Gasteiger partial charge in [-0.3, -0.25) is 4.79 Å². The first-order valence-electron chi connectivity index (χ1n) is 8.44. The standard InChI is InChI=1S/C19H24N2O4S/c1-25-15-14-20-19(22)17-9-11-18(12-10-17)26(23,24)21-13-5-8-16-6-3-2-4-7-16/h2-4,6-7,9-12,21H,5,8,13-15H2,1H3,(H,20,22). The Kier molecular flexibility index (Phi) is 7.77. The highest BCUT2D eigenvalue weighted by Crippen LogP contribution is 2.11. The Hall–Kier alpha value is -2.22. The zero-order valence-electron chi connectivity index (χ0n) is 14.8. The number of aryl methyl sites for hydroxylation is 1. The van der Waals surface area contributed by atoms with Crippen molar-refractivity contribution in [3.05, 3.63) is 65.7 Å². The maximum absolute atomic E-state index is 12.3. The second kappa shape index (κ2) is 10.1. The third-order valence-electron chi connectivity index (χ3n) is 3.80. The quantitative estimate of drug-likeness (QED) is 0.621. The molecular weight excluding hydrogens is 352 g/mol. The van der Waals surface area contributed by atoms with E-state index in [1.807, 2.05) is 30.3 Å². The number of benzene rings is 2. The van der Waals surface area contributed by atoms with Crippen LogP contribution in [-0.4, -0.2) is 41.1 Å². The molecule has 0 atom stereocenters. The number of amides is 1. The van der Waals surface area contributed by atoms with E-state index in [-0.39, 0.29) is 10.8 Å². The summed E-state index contributed by atoms with van der Waals surface area (Å²) in [5.74, 6) is -0.262. The van der Waals surface area contributed by atoms with Crippen LogP contribution in [0, 0.1) is 0 Å². The summed E-state index contributed by atoms with van der Waals surface area (Å²) in [6.07, 6.45) is 1.52. The molecule has 0 aliphatic heterocycles. The number of carbonyl (C=O) groups excluding carboxylic acids is 1. The van der Waals surface area contributed by atoms with Crippen LogP contribution in [0.15, 0.2) is 59.5 Å². The van der Waals surface area contributed by atoms with Crippen molar-refractivity contribution >= 4 is 15.9 Å². The fraction of sp³-hybridized carbons (Fsp3) is 0.316. The average molecular weight is 376 g/mol. The van der Waals surface area contributed by atoms with Crippen LogP contribution < -0.4 is 10.0 Å². The maximum atomic E-state index is 12.3. The molecule has 2 N–H and O–H groups in total. The van der Waals surface area contributed by atoms with E-state index in [0.717, 1.165) is 6.42 Å². The molecular formula is C19H24N2O4S. The molecule has 26 heavy (non-hydrogen) atoms. The summed E-state index contributed by atoms with van der Waals surface area (Å²) in [4.78, 5) is 12.0. The molecule has 0 radical (unpaired) electrons. The van der Waals surface area contributed by atoms with Gasteiger partial charge in [0.2, 0.25) is 10.0 Å². The minimum atomic E-state index is -3.58. The van der Waals surface area contributed by atoms with Gasteiger partial charge in [0.05, 0.1) is 11.5 Å². The van der Waals surface area contributed by atoms with E-state index >= 15 is 0 Å². The summed E-state index contributed by atoms with van der Waals surface area (Å²) < 4.78 is 32.1. The van der Waals surface area contributed by atoms with Gasteiger partial charge in [0, 0.05) is 25.8 Å². The van der Waals surface area contributed by atoms with E-state index in [9.17, 15) is 13.2 Å². The Balaban J connectivity index is 1.85. The molecule has 2 rings (SSSR count). The van der Waals surface area contributed by atoms with E-state index in [1.54, 1.807) is 7.11 Å². The average Bonchev–Trinajstić information content (AvgIpc) is 2.66. The van der Waals surface area contributed by atoms with Crippen molar-refractivity contribution in [1.29, 1.82) is 0 Å². The summed E-state index contributed by atoms with van der Waals surface area (Å²) >= 11 is 0. The molecule has 7 heteroatoms. The molecule has 1 amide bonds. The molecule has 0 aromatic heterocycles. The Bertz CT molecular complexity index is 790. The third-order valence-corrected chi connectivity index (χ3v) is 5.27. The summed E-state index contributed by atoms with van der Waals surface area (Å²) in [6.45, 7) is 1.18. The van der Waals surface area contributed by atoms with Crippen LogP contribution in [0.5, 0.6) is 0 Å². The minimum absolute atomic E-state index is 0.144. The van der Waals surface area contributed by atoms with Crippen molar-refractivity contribution in [1.82, 2.24) is 10.0 Å². The van der Waals surface area contributed by atoms with Gasteiger partial charge < -0.3 is 10.1 Å². The lowest BCUT2D eigenvalue weighted by atomic mass is 10.1.